The summed E-state index contributed by atoms with van der Waals surface area (Å²) in [4.78, 5) is 7.59. The lowest BCUT2D eigenvalue weighted by Gasteiger charge is -2.04. The molecule has 1 heterocycles. The lowest BCUT2D eigenvalue weighted by atomic mass is 10.1. The molecular weight excluding hydrogens is 224 g/mol. The molecule has 0 spiro atoms. The number of hydrogen-bond acceptors (Lipinski definition) is 2. The van der Waals surface area contributed by atoms with Crippen LogP contribution in [0.4, 0.5) is 0 Å². The average Bonchev–Trinajstić information content (AvgIpc) is 2.91. The quantitative estimate of drug-likeness (QED) is 0.850. The molecule has 1 aromatic carbocycles. The topological polar surface area (TPSA) is 48.9 Å². The van der Waals surface area contributed by atoms with E-state index >= 15 is 0 Å². The molecular formula is C15H18N2O. The van der Waals surface area contributed by atoms with Crippen LogP contribution in [0.5, 0.6) is 5.88 Å². The van der Waals surface area contributed by atoms with Crippen LogP contribution < -0.4 is 0 Å². The highest BCUT2D eigenvalue weighted by Gasteiger charge is 2.26. The molecule has 0 fully saturated rings. The van der Waals surface area contributed by atoms with Crippen LogP contribution in [0.2, 0.25) is 0 Å². The van der Waals surface area contributed by atoms with E-state index in [-0.39, 0.29) is 11.8 Å². The van der Waals surface area contributed by atoms with Gasteiger partial charge in [0.25, 0.3) is 0 Å². The van der Waals surface area contributed by atoms with E-state index in [1.165, 1.54) is 11.1 Å². The predicted molar refractivity (Wildman–Crippen MR) is 70.9 cm³/mol. The van der Waals surface area contributed by atoms with E-state index in [0.717, 1.165) is 24.4 Å². The number of nitrogens with one attached hydrogen (secondary N) is 1. The molecule has 3 heteroatoms. The number of aromatic hydroxyl groups is 1. The van der Waals surface area contributed by atoms with Gasteiger partial charge in [-0.25, -0.2) is 0 Å². The van der Waals surface area contributed by atoms with Crippen molar-refractivity contribution in [2.45, 2.75) is 38.5 Å². The SMILES string of the molecule is CC(C)c1[nH]c(C2Cc3ccccc3C2)nc1O. The molecule has 1 aliphatic rings. The van der Waals surface area contributed by atoms with Gasteiger partial charge in [-0.3, -0.25) is 0 Å². The molecule has 0 amide bonds. The molecule has 0 aliphatic heterocycles. The van der Waals surface area contributed by atoms with Gasteiger partial charge in [0.15, 0.2) is 0 Å². The lowest BCUT2D eigenvalue weighted by Crippen LogP contribution is -2.00. The summed E-state index contributed by atoms with van der Waals surface area (Å²) >= 11 is 0. The first-order chi connectivity index (χ1) is 8.65. The summed E-state index contributed by atoms with van der Waals surface area (Å²) in [5, 5.41) is 9.84. The van der Waals surface area contributed by atoms with Crippen molar-refractivity contribution in [3.8, 4) is 5.88 Å². The highest BCUT2D eigenvalue weighted by Crippen LogP contribution is 2.34. The number of rotatable bonds is 2. The van der Waals surface area contributed by atoms with Crippen molar-refractivity contribution in [2.75, 3.05) is 0 Å². The van der Waals surface area contributed by atoms with Crippen LogP contribution in [0.3, 0.4) is 0 Å². The second kappa shape index (κ2) is 4.16. The van der Waals surface area contributed by atoms with Crippen LogP contribution in [0.15, 0.2) is 24.3 Å². The Morgan fingerprint density at radius 2 is 1.83 bits per heavy atom. The molecule has 18 heavy (non-hydrogen) atoms. The zero-order chi connectivity index (χ0) is 12.7. The van der Waals surface area contributed by atoms with Crippen LogP contribution in [0, 0.1) is 0 Å². The highest BCUT2D eigenvalue weighted by atomic mass is 16.3. The van der Waals surface area contributed by atoms with Crippen LogP contribution in [-0.2, 0) is 12.8 Å². The third-order valence-corrected chi connectivity index (χ3v) is 3.75. The van der Waals surface area contributed by atoms with Gasteiger partial charge in [0, 0.05) is 5.92 Å². The molecule has 94 valence electrons. The number of nitrogens with zero attached hydrogens (tertiary/aromatic N) is 1. The fraction of sp³-hybridized carbons (Fsp3) is 0.400. The average molecular weight is 242 g/mol. The third kappa shape index (κ3) is 1.80. The number of aromatic amines is 1. The van der Waals surface area contributed by atoms with E-state index in [0.29, 0.717) is 5.92 Å². The van der Waals surface area contributed by atoms with Crippen molar-refractivity contribution in [2.24, 2.45) is 0 Å². The first kappa shape index (κ1) is 11.3. The maximum atomic E-state index is 9.84. The molecule has 1 aromatic heterocycles. The van der Waals surface area contributed by atoms with E-state index in [2.05, 4.69) is 48.1 Å². The standard InChI is InChI=1S/C15H18N2O/c1-9(2)13-15(18)17-14(16-13)12-7-10-5-3-4-6-11(10)8-12/h3-6,9,12,18H,7-8H2,1-2H3,(H,16,17). The van der Waals surface area contributed by atoms with Gasteiger partial charge in [-0.05, 0) is 29.9 Å². The zero-order valence-electron chi connectivity index (χ0n) is 10.8. The van der Waals surface area contributed by atoms with Gasteiger partial charge in [-0.15, -0.1) is 0 Å². The number of H-pyrrole nitrogens is 1. The molecule has 2 aromatic rings. The summed E-state index contributed by atoms with van der Waals surface area (Å²) in [6, 6.07) is 8.53. The Balaban J connectivity index is 1.88. The minimum Gasteiger partial charge on any atom is -0.492 e. The summed E-state index contributed by atoms with van der Waals surface area (Å²) < 4.78 is 0. The molecule has 0 unspecified atom stereocenters. The Bertz CT molecular complexity index is 547. The molecule has 0 atom stereocenters. The third-order valence-electron chi connectivity index (χ3n) is 3.75. The molecule has 3 rings (SSSR count). The van der Waals surface area contributed by atoms with Crippen LogP contribution in [-0.4, -0.2) is 15.1 Å². The largest absolute Gasteiger partial charge is 0.492 e. The van der Waals surface area contributed by atoms with Crippen molar-refractivity contribution in [3.63, 3.8) is 0 Å². The predicted octanol–water partition coefficient (Wildman–Crippen LogP) is 3.12. The fourth-order valence-electron chi connectivity index (χ4n) is 2.74. The Hall–Kier alpha value is -1.77. The van der Waals surface area contributed by atoms with Gasteiger partial charge in [-0.1, -0.05) is 38.1 Å². The fourth-order valence-corrected chi connectivity index (χ4v) is 2.74. The normalized spacial score (nSPS) is 15.3. The maximum absolute atomic E-state index is 9.84. The van der Waals surface area contributed by atoms with Gasteiger partial charge in [0.05, 0.1) is 5.69 Å². The van der Waals surface area contributed by atoms with Crippen LogP contribution in [0.1, 0.15) is 48.3 Å². The molecule has 1 aliphatic carbocycles. The molecule has 0 saturated heterocycles. The first-order valence-electron chi connectivity index (χ1n) is 6.50. The Morgan fingerprint density at radius 1 is 1.22 bits per heavy atom. The molecule has 2 N–H and O–H groups in total. The molecule has 0 saturated carbocycles. The Labute approximate surface area is 107 Å². The minimum absolute atomic E-state index is 0.163. The van der Waals surface area contributed by atoms with Gasteiger partial charge in [0.1, 0.15) is 5.82 Å². The van der Waals surface area contributed by atoms with E-state index in [9.17, 15) is 5.11 Å². The molecule has 0 radical (unpaired) electrons. The highest BCUT2D eigenvalue weighted by molar-refractivity contribution is 5.36. The van der Waals surface area contributed by atoms with E-state index in [4.69, 9.17) is 0 Å². The number of fused-ring (bicyclic) bond motifs is 1. The van der Waals surface area contributed by atoms with Crippen molar-refractivity contribution >= 4 is 0 Å². The first-order valence-corrected chi connectivity index (χ1v) is 6.50. The van der Waals surface area contributed by atoms with E-state index in [1.54, 1.807) is 0 Å². The molecule has 0 bridgehead atoms. The maximum Gasteiger partial charge on any atom is 0.232 e. The monoisotopic (exact) mass is 242 g/mol. The zero-order valence-corrected chi connectivity index (χ0v) is 10.8. The van der Waals surface area contributed by atoms with Crippen molar-refractivity contribution in [3.05, 3.63) is 46.9 Å². The Kier molecular flexibility index (Phi) is 2.62. The second-order valence-corrected chi connectivity index (χ2v) is 5.39. The minimum atomic E-state index is 0.163. The van der Waals surface area contributed by atoms with Crippen molar-refractivity contribution in [1.82, 2.24) is 9.97 Å². The van der Waals surface area contributed by atoms with E-state index in [1.807, 2.05) is 0 Å². The van der Waals surface area contributed by atoms with Gasteiger partial charge >= 0.3 is 0 Å². The Morgan fingerprint density at radius 3 is 2.33 bits per heavy atom. The van der Waals surface area contributed by atoms with Crippen molar-refractivity contribution < 1.29 is 5.11 Å². The van der Waals surface area contributed by atoms with Crippen LogP contribution in [0.25, 0.3) is 0 Å². The van der Waals surface area contributed by atoms with Crippen LogP contribution >= 0.6 is 0 Å². The summed E-state index contributed by atoms with van der Waals surface area (Å²) in [5.74, 6) is 1.74. The van der Waals surface area contributed by atoms with Crippen molar-refractivity contribution in [1.29, 1.82) is 0 Å². The number of aromatic nitrogens is 2. The molecule has 3 nitrogen and oxygen atoms in total. The second-order valence-electron chi connectivity index (χ2n) is 5.39. The van der Waals surface area contributed by atoms with E-state index < -0.39 is 0 Å². The number of hydrogen-bond donors (Lipinski definition) is 2. The number of benzene rings is 1. The van der Waals surface area contributed by atoms with Gasteiger partial charge < -0.3 is 10.1 Å². The summed E-state index contributed by atoms with van der Waals surface area (Å²) in [7, 11) is 0. The lowest BCUT2D eigenvalue weighted by molar-refractivity contribution is 0.444. The summed E-state index contributed by atoms with van der Waals surface area (Å²) in [6.07, 6.45) is 2.03. The number of imidazole rings is 1. The van der Waals surface area contributed by atoms with Gasteiger partial charge in [0.2, 0.25) is 5.88 Å². The van der Waals surface area contributed by atoms with Gasteiger partial charge in [-0.2, -0.15) is 4.98 Å². The summed E-state index contributed by atoms with van der Waals surface area (Å²) in [6.45, 7) is 4.11. The summed E-state index contributed by atoms with van der Waals surface area (Å²) in [5.41, 5.74) is 3.66. The smallest absolute Gasteiger partial charge is 0.232 e.